The third-order valence-corrected chi connectivity index (χ3v) is 6.30. The van der Waals surface area contributed by atoms with Gasteiger partial charge < -0.3 is 0 Å². The topological polar surface area (TPSA) is 42.9 Å². The van der Waals surface area contributed by atoms with Gasteiger partial charge in [-0.3, -0.25) is 4.79 Å². The zero-order valence-corrected chi connectivity index (χ0v) is 13.6. The Morgan fingerprint density at radius 2 is 2.30 bits per heavy atom. The minimum Gasteiger partial charge on any atom is -0.299 e. The van der Waals surface area contributed by atoms with Gasteiger partial charge in [0.1, 0.15) is 22.0 Å². The summed E-state index contributed by atoms with van der Waals surface area (Å²) in [5.41, 5.74) is 1.43. The lowest BCUT2D eigenvalue weighted by Gasteiger charge is -2.18. The molecular weight excluding hydrogens is 288 g/mol. The fourth-order valence-electron chi connectivity index (χ4n) is 2.59. The molecule has 20 heavy (non-hydrogen) atoms. The Morgan fingerprint density at radius 1 is 1.50 bits per heavy atom. The average molecular weight is 306 g/mol. The van der Waals surface area contributed by atoms with Crippen molar-refractivity contribution in [2.24, 2.45) is 5.92 Å². The normalized spacial score (nSPS) is 19.9. The van der Waals surface area contributed by atoms with Gasteiger partial charge in [-0.25, -0.2) is 9.97 Å². The number of nitrogens with zero attached hydrogens (tertiary/aromatic N) is 2. The maximum atomic E-state index is 11.5. The van der Waals surface area contributed by atoms with Crippen LogP contribution < -0.4 is 0 Å². The summed E-state index contributed by atoms with van der Waals surface area (Å²) in [6.45, 7) is 5.90. The summed E-state index contributed by atoms with van der Waals surface area (Å²) in [7, 11) is 0. The first-order chi connectivity index (χ1) is 9.56. The monoisotopic (exact) mass is 306 g/mol. The molecule has 0 aliphatic heterocycles. The minimum absolute atomic E-state index is 0.0498. The van der Waals surface area contributed by atoms with Crippen LogP contribution in [0.2, 0.25) is 0 Å². The molecule has 0 saturated heterocycles. The summed E-state index contributed by atoms with van der Waals surface area (Å²) in [6.07, 6.45) is 5.14. The molecule has 1 aliphatic carbocycles. The molecule has 2 atom stereocenters. The van der Waals surface area contributed by atoms with Crippen molar-refractivity contribution in [3.8, 4) is 0 Å². The standard InChI is InChI=1S/C15H18N2OS2/c1-8-4-5-11-12(6-8)20-15-13(11)14(16-7-17-15)19-10(3)9(2)18/h7-8,10H,4-6H2,1-3H3/t8-,10+/m0/s1. The van der Waals surface area contributed by atoms with Gasteiger partial charge in [0.15, 0.2) is 0 Å². The molecule has 106 valence electrons. The molecule has 0 radical (unpaired) electrons. The zero-order chi connectivity index (χ0) is 14.3. The van der Waals surface area contributed by atoms with Crippen LogP contribution in [0.5, 0.6) is 0 Å². The molecule has 0 fully saturated rings. The smallest absolute Gasteiger partial charge is 0.142 e. The van der Waals surface area contributed by atoms with E-state index in [9.17, 15) is 4.79 Å². The quantitative estimate of drug-likeness (QED) is 0.637. The number of Topliss-reactive ketones (excluding diaryl/α,β-unsaturated/α-hetero) is 1. The lowest BCUT2D eigenvalue weighted by Crippen LogP contribution is -2.10. The molecule has 0 saturated carbocycles. The van der Waals surface area contributed by atoms with Gasteiger partial charge in [0, 0.05) is 10.3 Å². The molecule has 5 heteroatoms. The van der Waals surface area contributed by atoms with Gasteiger partial charge in [-0.15, -0.1) is 11.3 Å². The Morgan fingerprint density at radius 3 is 3.05 bits per heavy atom. The van der Waals surface area contributed by atoms with Crippen LogP contribution >= 0.6 is 23.1 Å². The highest BCUT2D eigenvalue weighted by molar-refractivity contribution is 8.00. The zero-order valence-electron chi connectivity index (χ0n) is 12.0. The molecule has 0 aromatic carbocycles. The summed E-state index contributed by atoms with van der Waals surface area (Å²) >= 11 is 3.37. The number of thioether (sulfide) groups is 1. The highest BCUT2D eigenvalue weighted by Crippen LogP contribution is 2.41. The molecule has 0 unspecified atom stereocenters. The van der Waals surface area contributed by atoms with E-state index in [1.165, 1.54) is 22.2 Å². The first-order valence-electron chi connectivity index (χ1n) is 6.98. The molecule has 3 rings (SSSR count). The van der Waals surface area contributed by atoms with Crippen LogP contribution in [-0.2, 0) is 17.6 Å². The molecule has 0 bridgehead atoms. The van der Waals surface area contributed by atoms with Gasteiger partial charge in [-0.2, -0.15) is 0 Å². The lowest BCUT2D eigenvalue weighted by molar-refractivity contribution is -0.116. The first-order valence-corrected chi connectivity index (χ1v) is 8.68. The van der Waals surface area contributed by atoms with Crippen molar-refractivity contribution in [2.45, 2.75) is 50.3 Å². The molecule has 2 aromatic heterocycles. The number of rotatable bonds is 3. The van der Waals surface area contributed by atoms with Gasteiger partial charge in [0.2, 0.25) is 0 Å². The molecule has 0 amide bonds. The predicted molar refractivity (Wildman–Crippen MR) is 84.6 cm³/mol. The van der Waals surface area contributed by atoms with E-state index < -0.39 is 0 Å². The maximum Gasteiger partial charge on any atom is 0.142 e. The maximum absolute atomic E-state index is 11.5. The van der Waals surface area contributed by atoms with Crippen LogP contribution in [0, 0.1) is 5.92 Å². The summed E-state index contributed by atoms with van der Waals surface area (Å²) in [5.74, 6) is 0.954. The van der Waals surface area contributed by atoms with E-state index >= 15 is 0 Å². The molecular formula is C15H18N2OS2. The van der Waals surface area contributed by atoms with Crippen molar-refractivity contribution in [1.29, 1.82) is 0 Å². The molecule has 1 aliphatic rings. The Bertz CT molecular complexity index is 665. The van der Waals surface area contributed by atoms with Crippen LogP contribution in [0.3, 0.4) is 0 Å². The Hall–Kier alpha value is -0.940. The number of aromatic nitrogens is 2. The van der Waals surface area contributed by atoms with Crippen LogP contribution in [0.15, 0.2) is 11.4 Å². The van der Waals surface area contributed by atoms with E-state index in [1.807, 2.05) is 6.92 Å². The summed E-state index contributed by atoms with van der Waals surface area (Å²) in [4.78, 5) is 22.9. The molecule has 0 spiro atoms. The number of carbonyl (C=O) groups is 1. The van der Waals surface area contributed by atoms with Gasteiger partial charge >= 0.3 is 0 Å². The fourth-order valence-corrected chi connectivity index (χ4v) is 4.95. The highest BCUT2D eigenvalue weighted by Gasteiger charge is 2.24. The van der Waals surface area contributed by atoms with Crippen molar-refractivity contribution < 1.29 is 4.79 Å². The van der Waals surface area contributed by atoms with Crippen molar-refractivity contribution in [2.75, 3.05) is 0 Å². The van der Waals surface area contributed by atoms with Crippen LogP contribution in [-0.4, -0.2) is 21.0 Å². The fraction of sp³-hybridized carbons (Fsp3) is 0.533. The number of carbonyl (C=O) groups excluding carboxylic acids is 1. The Kier molecular flexibility index (Phi) is 3.82. The molecule has 3 nitrogen and oxygen atoms in total. The van der Waals surface area contributed by atoms with E-state index in [0.717, 1.165) is 28.6 Å². The van der Waals surface area contributed by atoms with Crippen molar-refractivity contribution >= 4 is 39.1 Å². The third kappa shape index (κ3) is 2.49. The third-order valence-electron chi connectivity index (χ3n) is 3.92. The summed E-state index contributed by atoms with van der Waals surface area (Å²) in [6, 6.07) is 0. The largest absolute Gasteiger partial charge is 0.299 e. The average Bonchev–Trinajstić information content (AvgIpc) is 2.76. The summed E-state index contributed by atoms with van der Waals surface area (Å²) < 4.78 is 0. The van der Waals surface area contributed by atoms with E-state index in [2.05, 4.69) is 16.9 Å². The predicted octanol–water partition coefficient (Wildman–Crippen LogP) is 3.89. The van der Waals surface area contributed by atoms with Crippen LogP contribution in [0.1, 0.15) is 37.6 Å². The number of hydrogen-bond acceptors (Lipinski definition) is 5. The van der Waals surface area contributed by atoms with E-state index in [4.69, 9.17) is 0 Å². The first kappa shape index (κ1) is 14.0. The lowest BCUT2D eigenvalue weighted by atomic mass is 9.89. The second-order valence-electron chi connectivity index (χ2n) is 5.58. The van der Waals surface area contributed by atoms with E-state index in [1.54, 1.807) is 36.3 Å². The summed E-state index contributed by atoms with van der Waals surface area (Å²) in [5, 5.41) is 2.13. The second-order valence-corrected chi connectivity index (χ2v) is 7.99. The SMILES string of the molecule is CC(=O)[C@@H](C)Sc1ncnc2sc3c(c12)CC[C@H](C)C3. The number of aryl methyl sites for hydroxylation is 1. The minimum atomic E-state index is -0.0498. The number of thiophene rings is 1. The van der Waals surface area contributed by atoms with Crippen LogP contribution in [0.25, 0.3) is 10.2 Å². The van der Waals surface area contributed by atoms with Crippen LogP contribution in [0.4, 0.5) is 0 Å². The second kappa shape index (κ2) is 5.45. The van der Waals surface area contributed by atoms with E-state index in [0.29, 0.717) is 0 Å². The number of fused-ring (bicyclic) bond motifs is 3. The number of hydrogen-bond donors (Lipinski definition) is 0. The van der Waals surface area contributed by atoms with Gasteiger partial charge in [-0.05, 0) is 44.6 Å². The molecule has 2 heterocycles. The highest BCUT2D eigenvalue weighted by atomic mass is 32.2. The van der Waals surface area contributed by atoms with E-state index in [-0.39, 0.29) is 11.0 Å². The Labute approximate surface area is 127 Å². The van der Waals surface area contributed by atoms with Gasteiger partial charge in [0.05, 0.1) is 5.25 Å². The number of ketones is 1. The molecule has 2 aromatic rings. The van der Waals surface area contributed by atoms with Crippen molar-refractivity contribution in [1.82, 2.24) is 9.97 Å². The molecule has 0 N–H and O–H groups in total. The van der Waals surface area contributed by atoms with Crippen molar-refractivity contribution in [3.05, 3.63) is 16.8 Å². The van der Waals surface area contributed by atoms with Crippen molar-refractivity contribution in [3.63, 3.8) is 0 Å². The Balaban J connectivity index is 2.07. The van der Waals surface area contributed by atoms with Gasteiger partial charge in [-0.1, -0.05) is 18.7 Å². The van der Waals surface area contributed by atoms with Gasteiger partial charge in [0.25, 0.3) is 0 Å².